The molecule has 1 aliphatic heterocycles. The molecule has 0 spiro atoms. The molecule has 3 rings (SSSR count). The minimum atomic E-state index is 0.0303. The van der Waals surface area contributed by atoms with Gasteiger partial charge in [-0.1, -0.05) is 30.3 Å². The molecule has 1 amide bonds. The highest BCUT2D eigenvalue weighted by Crippen LogP contribution is 2.40. The van der Waals surface area contributed by atoms with Crippen LogP contribution in [-0.4, -0.2) is 37.7 Å². The first-order valence-electron chi connectivity index (χ1n) is 6.99. The number of ether oxygens (including phenoxy) is 1. The predicted octanol–water partition coefficient (Wildman–Crippen LogP) is 1.04. The third-order valence-corrected chi connectivity index (χ3v) is 3.78. The summed E-state index contributed by atoms with van der Waals surface area (Å²) in [6.07, 6.45) is 1.55. The fourth-order valence-corrected chi connectivity index (χ4v) is 2.65. The first-order chi connectivity index (χ1) is 9.33. The second-order valence-electron chi connectivity index (χ2n) is 5.33. The molecule has 4 nitrogen and oxygen atoms in total. The number of hydrogen-bond acceptors (Lipinski definition) is 3. The highest BCUT2D eigenvalue weighted by Gasteiger charge is 2.39. The Bertz CT molecular complexity index is 429. The van der Waals surface area contributed by atoms with Crippen LogP contribution < -0.4 is 10.6 Å². The number of benzene rings is 1. The van der Waals surface area contributed by atoms with Crippen molar-refractivity contribution in [2.24, 2.45) is 0 Å². The van der Waals surface area contributed by atoms with Crippen molar-refractivity contribution in [1.82, 2.24) is 10.6 Å². The van der Waals surface area contributed by atoms with E-state index in [1.165, 1.54) is 5.56 Å². The zero-order valence-corrected chi connectivity index (χ0v) is 11.0. The van der Waals surface area contributed by atoms with Crippen LogP contribution in [0.25, 0.3) is 0 Å². The maximum absolute atomic E-state index is 11.9. The van der Waals surface area contributed by atoms with Gasteiger partial charge in [-0.05, 0) is 12.0 Å². The van der Waals surface area contributed by atoms with Crippen molar-refractivity contribution in [3.63, 3.8) is 0 Å². The number of carbonyl (C=O) groups excluding carboxylic acids is 1. The summed E-state index contributed by atoms with van der Waals surface area (Å²) in [7, 11) is 0. The minimum Gasteiger partial charge on any atom is -0.375 e. The summed E-state index contributed by atoms with van der Waals surface area (Å²) in [4.78, 5) is 11.9. The van der Waals surface area contributed by atoms with Crippen LogP contribution in [0, 0.1) is 0 Å². The van der Waals surface area contributed by atoms with Gasteiger partial charge in [-0.25, -0.2) is 0 Å². The van der Waals surface area contributed by atoms with Crippen LogP contribution in [-0.2, 0) is 9.53 Å². The third kappa shape index (κ3) is 3.33. The zero-order valence-electron chi connectivity index (χ0n) is 11.0. The van der Waals surface area contributed by atoms with Crippen molar-refractivity contribution in [3.05, 3.63) is 35.9 Å². The van der Waals surface area contributed by atoms with Crippen LogP contribution >= 0.6 is 0 Å². The van der Waals surface area contributed by atoms with Crippen molar-refractivity contribution in [3.8, 4) is 0 Å². The molecule has 0 radical (unpaired) electrons. The fraction of sp³-hybridized carbons (Fsp3) is 0.533. The topological polar surface area (TPSA) is 50.4 Å². The van der Waals surface area contributed by atoms with Crippen molar-refractivity contribution >= 4 is 5.91 Å². The monoisotopic (exact) mass is 260 g/mol. The summed E-state index contributed by atoms with van der Waals surface area (Å²) in [6, 6.07) is 10.7. The lowest BCUT2D eigenvalue weighted by Gasteiger charge is -2.23. The van der Waals surface area contributed by atoms with Gasteiger partial charge in [0.1, 0.15) is 0 Å². The summed E-state index contributed by atoms with van der Waals surface area (Å²) in [5.41, 5.74) is 1.32. The van der Waals surface area contributed by atoms with Crippen LogP contribution in [0.3, 0.4) is 0 Å². The normalized spacial score (nSPS) is 29.8. The lowest BCUT2D eigenvalue weighted by atomic mass is 10.1. The molecule has 3 atom stereocenters. The Morgan fingerprint density at radius 3 is 2.95 bits per heavy atom. The average Bonchev–Trinajstić information content (AvgIpc) is 3.20. The molecule has 102 valence electrons. The van der Waals surface area contributed by atoms with Gasteiger partial charge in [-0.2, -0.15) is 0 Å². The summed E-state index contributed by atoms with van der Waals surface area (Å²) >= 11 is 0. The second kappa shape index (κ2) is 5.72. The van der Waals surface area contributed by atoms with E-state index in [1.807, 2.05) is 18.2 Å². The van der Waals surface area contributed by atoms with Crippen molar-refractivity contribution in [2.45, 2.75) is 30.9 Å². The fourth-order valence-electron chi connectivity index (χ4n) is 2.65. The Hall–Kier alpha value is -1.39. The quantitative estimate of drug-likeness (QED) is 0.850. The summed E-state index contributed by atoms with van der Waals surface area (Å²) in [5, 5.41) is 6.34. The molecule has 0 aromatic heterocycles. The standard InChI is InChI=1S/C15H20N2O2/c18-15(8-12-10-16-6-7-19-12)17-14-9-13(14)11-4-2-1-3-5-11/h1-5,12-14,16H,6-10H2,(H,17,18). The third-order valence-electron chi connectivity index (χ3n) is 3.78. The number of nitrogens with one attached hydrogen (secondary N) is 2. The van der Waals surface area contributed by atoms with Gasteiger partial charge in [0.15, 0.2) is 0 Å². The van der Waals surface area contributed by atoms with Gasteiger partial charge in [0.2, 0.25) is 5.91 Å². The second-order valence-corrected chi connectivity index (χ2v) is 5.33. The van der Waals surface area contributed by atoms with Gasteiger partial charge in [0.25, 0.3) is 0 Å². The predicted molar refractivity (Wildman–Crippen MR) is 73.0 cm³/mol. The molecule has 3 unspecified atom stereocenters. The average molecular weight is 260 g/mol. The van der Waals surface area contributed by atoms with Crippen LogP contribution in [0.1, 0.15) is 24.3 Å². The number of rotatable bonds is 4. The molecule has 1 aromatic carbocycles. The highest BCUT2D eigenvalue weighted by molar-refractivity contribution is 5.77. The molecule has 1 saturated heterocycles. The minimum absolute atomic E-state index is 0.0303. The Balaban J connectivity index is 1.44. The van der Waals surface area contributed by atoms with Gasteiger partial charge in [0.05, 0.1) is 19.1 Å². The Morgan fingerprint density at radius 1 is 1.37 bits per heavy atom. The first-order valence-corrected chi connectivity index (χ1v) is 6.99. The van der Waals surface area contributed by atoms with Gasteiger partial charge in [-0.3, -0.25) is 4.79 Å². The summed E-state index contributed by atoms with van der Waals surface area (Å²) in [5.74, 6) is 0.604. The molecule has 2 N–H and O–H groups in total. The Labute approximate surface area is 113 Å². The number of carbonyl (C=O) groups is 1. The van der Waals surface area contributed by atoms with Gasteiger partial charge in [-0.15, -0.1) is 0 Å². The van der Waals surface area contributed by atoms with E-state index in [0.717, 1.165) is 19.5 Å². The SMILES string of the molecule is O=C(CC1CNCCO1)NC1CC1c1ccccc1. The molecule has 2 fully saturated rings. The van der Waals surface area contributed by atoms with Gasteiger partial charge < -0.3 is 15.4 Å². The van der Waals surface area contributed by atoms with Crippen molar-refractivity contribution < 1.29 is 9.53 Å². The molecule has 2 aliphatic rings. The lowest BCUT2D eigenvalue weighted by Crippen LogP contribution is -2.41. The van der Waals surface area contributed by atoms with E-state index in [4.69, 9.17) is 4.74 Å². The van der Waals surface area contributed by atoms with Crippen LogP contribution in [0.2, 0.25) is 0 Å². The number of morpholine rings is 1. The molecule has 1 aromatic rings. The molecule has 19 heavy (non-hydrogen) atoms. The largest absolute Gasteiger partial charge is 0.375 e. The highest BCUT2D eigenvalue weighted by atomic mass is 16.5. The molecule has 0 bridgehead atoms. The van der Waals surface area contributed by atoms with E-state index in [1.54, 1.807) is 0 Å². The molecule has 4 heteroatoms. The number of hydrogen-bond donors (Lipinski definition) is 2. The molecule has 1 heterocycles. The first kappa shape index (κ1) is 12.6. The Morgan fingerprint density at radius 2 is 2.21 bits per heavy atom. The van der Waals surface area contributed by atoms with Crippen molar-refractivity contribution in [1.29, 1.82) is 0 Å². The molecule has 1 aliphatic carbocycles. The molecule has 1 saturated carbocycles. The van der Waals surface area contributed by atoms with Crippen LogP contribution in [0.15, 0.2) is 30.3 Å². The smallest absolute Gasteiger partial charge is 0.222 e. The maximum Gasteiger partial charge on any atom is 0.222 e. The van der Waals surface area contributed by atoms with Gasteiger partial charge >= 0.3 is 0 Å². The number of amides is 1. The van der Waals surface area contributed by atoms with Gasteiger partial charge in [0, 0.05) is 25.0 Å². The summed E-state index contributed by atoms with van der Waals surface area (Å²) in [6.45, 7) is 2.37. The lowest BCUT2D eigenvalue weighted by molar-refractivity contribution is -0.124. The van der Waals surface area contributed by atoms with E-state index < -0.39 is 0 Å². The Kier molecular flexibility index (Phi) is 3.80. The molecular formula is C15H20N2O2. The maximum atomic E-state index is 11.9. The van der Waals surface area contributed by atoms with E-state index in [2.05, 4.69) is 22.8 Å². The van der Waals surface area contributed by atoms with Crippen molar-refractivity contribution in [2.75, 3.05) is 19.7 Å². The van der Waals surface area contributed by atoms with Crippen LogP contribution in [0.4, 0.5) is 0 Å². The molecular weight excluding hydrogens is 240 g/mol. The van der Waals surface area contributed by atoms with Crippen LogP contribution in [0.5, 0.6) is 0 Å². The summed E-state index contributed by atoms with van der Waals surface area (Å²) < 4.78 is 5.54. The van der Waals surface area contributed by atoms with E-state index in [9.17, 15) is 4.79 Å². The van der Waals surface area contributed by atoms with E-state index in [-0.39, 0.29) is 12.0 Å². The zero-order chi connectivity index (χ0) is 13.1. The van der Waals surface area contributed by atoms with E-state index >= 15 is 0 Å². The van der Waals surface area contributed by atoms with E-state index in [0.29, 0.717) is 25.0 Å².